The van der Waals surface area contributed by atoms with Crippen molar-refractivity contribution >= 4 is 85.1 Å². The van der Waals surface area contributed by atoms with Gasteiger partial charge in [-0.1, -0.05) is 110 Å². The number of hydrogen-bond acceptors (Lipinski definition) is 15. The van der Waals surface area contributed by atoms with Crippen LogP contribution < -0.4 is 12.5 Å². The third-order valence-electron chi connectivity index (χ3n) is 10.1. The second-order valence-electron chi connectivity index (χ2n) is 13.9. The molecule has 18 nitrogen and oxygen atoms in total. The highest BCUT2D eigenvalue weighted by Gasteiger charge is 2.43. The van der Waals surface area contributed by atoms with E-state index in [4.69, 9.17) is 29.1 Å². The SMILES string of the molecule is C=C1C(=[N+]=N)C=C(S(=O)(=O)Oc2c(OS(=O)(=O)C3=CC(=[N+]=N)C(=O)c4ccccc43)ccc(C(=O)c3ccccc3)c2OS(=O)(=O)C2=CC(=[N+]=N)C(=O)c3ccccc32)c2ccccc21. The van der Waals surface area contributed by atoms with Crippen LogP contribution in [-0.4, -0.2) is 74.1 Å². The Kier molecular flexibility index (Phi) is 10.8. The molecular formula is C44H27N6O12S3+3. The Balaban J connectivity index is 1.40. The summed E-state index contributed by atoms with van der Waals surface area (Å²) in [7, 11) is -16.1. The first-order chi connectivity index (χ1) is 31.0. The summed E-state index contributed by atoms with van der Waals surface area (Å²) in [6.45, 7) is 3.90. The molecule has 0 spiro atoms. The molecule has 0 amide bonds. The largest absolute Gasteiger partial charge is 0.413 e. The van der Waals surface area contributed by atoms with E-state index in [9.17, 15) is 39.6 Å². The Hall–Kier alpha value is -8.54. The highest BCUT2D eigenvalue weighted by Crippen LogP contribution is 2.47. The molecule has 21 heteroatoms. The summed E-state index contributed by atoms with van der Waals surface area (Å²) in [5.74, 6) is -6.21. The standard InChI is InChI=1S/C44H27N6O12S3/c1-24-26-13-5-6-14-27(26)37(21-33(24)48-45)65(58,59)62-44-36(60-63(54,55)38-22-34(49-46)41(52)30-17-9-7-15-28(30)38)20-19-32(40(51)25-11-3-2-4-12-25)43(44)61-64(56,57)39-23-35(50-47)42(53)31-18-10-8-16-29(31)39/h2-23,45-47H,1H2/q+3. The third kappa shape index (κ3) is 7.60. The summed E-state index contributed by atoms with van der Waals surface area (Å²) in [6.07, 6.45) is 2.41. The fourth-order valence-corrected chi connectivity index (χ4v) is 10.6. The minimum absolute atomic E-state index is 0.0294. The van der Waals surface area contributed by atoms with Crippen LogP contribution in [0.4, 0.5) is 0 Å². The molecule has 0 saturated heterocycles. The molecule has 5 aromatic carbocycles. The van der Waals surface area contributed by atoms with E-state index in [-0.39, 0.29) is 50.2 Å². The number of ketones is 3. The average Bonchev–Trinajstić information content (AvgIpc) is 3.30. The van der Waals surface area contributed by atoms with Crippen LogP contribution in [0.1, 0.15) is 58.9 Å². The van der Waals surface area contributed by atoms with Gasteiger partial charge in [-0.3, -0.25) is 14.4 Å². The summed E-state index contributed by atoms with van der Waals surface area (Å²) in [6, 6.07) is 25.4. The Morgan fingerprint density at radius 2 is 0.846 bits per heavy atom. The maximum absolute atomic E-state index is 14.7. The van der Waals surface area contributed by atoms with Gasteiger partial charge in [0, 0.05) is 33.4 Å². The molecule has 320 valence electrons. The van der Waals surface area contributed by atoms with Crippen LogP contribution in [0.25, 0.3) is 20.3 Å². The first-order valence-electron chi connectivity index (χ1n) is 18.6. The zero-order valence-corrected chi connectivity index (χ0v) is 35.3. The molecule has 0 fully saturated rings. The lowest BCUT2D eigenvalue weighted by atomic mass is 9.92. The number of carbonyl (C=O) groups excluding carboxylic acids is 3. The van der Waals surface area contributed by atoms with Gasteiger partial charge in [0.2, 0.25) is 11.5 Å². The number of nitrogens with one attached hydrogen (secondary N) is 3. The minimum atomic E-state index is -5.41. The monoisotopic (exact) mass is 927 g/mol. The van der Waals surface area contributed by atoms with Gasteiger partial charge < -0.3 is 12.5 Å². The number of carbonyl (C=O) groups is 3. The summed E-state index contributed by atoms with van der Waals surface area (Å²) in [4.78, 5) is 48.1. The number of rotatable bonds is 11. The van der Waals surface area contributed by atoms with Crippen LogP contribution in [0.15, 0.2) is 140 Å². The van der Waals surface area contributed by atoms with E-state index < -0.39 is 96.7 Å². The topological polar surface area (TPSA) is 295 Å². The first kappa shape index (κ1) is 43.1. The molecule has 3 N–H and O–H groups in total. The second kappa shape index (κ2) is 16.3. The summed E-state index contributed by atoms with van der Waals surface area (Å²) >= 11 is 0. The number of Topliss-reactive ketones (excluding diaryl/α,β-unsaturated/α-hetero) is 2. The Morgan fingerprint density at radius 3 is 1.32 bits per heavy atom. The van der Waals surface area contributed by atoms with Crippen molar-refractivity contribution in [3.63, 3.8) is 0 Å². The lowest BCUT2D eigenvalue weighted by molar-refractivity contribution is -0.117. The van der Waals surface area contributed by atoms with E-state index in [2.05, 4.69) is 20.9 Å². The molecule has 0 saturated carbocycles. The molecule has 8 rings (SSSR count). The van der Waals surface area contributed by atoms with Gasteiger partial charge in [0.05, 0.1) is 60.3 Å². The minimum Gasteiger partial charge on any atom is -0.375 e. The summed E-state index contributed by atoms with van der Waals surface area (Å²) in [5.41, 5.74) is 20.1. The molecule has 5 aromatic rings. The van der Waals surface area contributed by atoms with Crippen LogP contribution in [0.3, 0.4) is 0 Å². The lowest BCUT2D eigenvalue weighted by Crippen LogP contribution is -2.25. The van der Waals surface area contributed by atoms with Crippen LogP contribution in [0.5, 0.6) is 17.2 Å². The molecule has 3 aliphatic carbocycles. The predicted molar refractivity (Wildman–Crippen MR) is 230 cm³/mol. The van der Waals surface area contributed by atoms with Crippen molar-refractivity contribution in [2.45, 2.75) is 0 Å². The fourth-order valence-electron chi connectivity index (χ4n) is 7.05. The van der Waals surface area contributed by atoms with Crippen molar-refractivity contribution in [2.75, 3.05) is 0 Å². The number of hydrogen-bond donors (Lipinski definition) is 3. The first-order valence-corrected chi connectivity index (χ1v) is 22.8. The van der Waals surface area contributed by atoms with Gasteiger partial charge in [-0.25, -0.2) is 0 Å². The highest BCUT2D eigenvalue weighted by atomic mass is 32.2. The van der Waals surface area contributed by atoms with E-state index in [1.807, 2.05) is 0 Å². The Bertz CT molecular complexity index is 3650. The zero-order chi connectivity index (χ0) is 46.4. The predicted octanol–water partition coefficient (Wildman–Crippen LogP) is 5.63. The third-order valence-corrected chi connectivity index (χ3v) is 13.9. The van der Waals surface area contributed by atoms with E-state index in [1.54, 1.807) is 12.1 Å². The van der Waals surface area contributed by atoms with E-state index in [0.717, 1.165) is 30.4 Å². The van der Waals surface area contributed by atoms with E-state index in [1.165, 1.54) is 91.0 Å². The molecule has 0 bridgehead atoms. The van der Waals surface area contributed by atoms with Gasteiger partial charge in [0.25, 0.3) is 11.6 Å². The molecule has 0 aliphatic heterocycles. The molecule has 0 radical (unpaired) electrons. The van der Waals surface area contributed by atoms with E-state index >= 15 is 0 Å². The van der Waals surface area contributed by atoms with Crippen LogP contribution in [0, 0.1) is 16.6 Å². The molecule has 3 aliphatic rings. The Labute approximate surface area is 368 Å². The van der Waals surface area contributed by atoms with Gasteiger partial charge >= 0.3 is 47.5 Å². The lowest BCUT2D eigenvalue weighted by Gasteiger charge is -2.22. The number of nitrogens with zero attached hydrogens (tertiary/aromatic N) is 3. The molecule has 0 heterocycles. The maximum atomic E-state index is 14.7. The molecule has 65 heavy (non-hydrogen) atoms. The highest BCUT2D eigenvalue weighted by molar-refractivity contribution is 7.97. The fraction of sp³-hybridized carbons (Fsp3) is 0. The van der Waals surface area contributed by atoms with Gasteiger partial charge in [-0.15, -0.1) is 0 Å². The van der Waals surface area contributed by atoms with Crippen molar-refractivity contribution in [1.29, 1.82) is 16.6 Å². The van der Waals surface area contributed by atoms with Gasteiger partial charge in [0.15, 0.2) is 11.5 Å². The van der Waals surface area contributed by atoms with Gasteiger partial charge in [-0.2, -0.15) is 25.3 Å². The van der Waals surface area contributed by atoms with Crippen LogP contribution in [0.2, 0.25) is 0 Å². The summed E-state index contributed by atoms with van der Waals surface area (Å²) in [5, 5.41) is 0. The zero-order valence-electron chi connectivity index (χ0n) is 32.9. The van der Waals surface area contributed by atoms with Crippen LogP contribution in [-0.2, 0) is 30.4 Å². The normalized spacial score (nSPS) is 14.6. The Morgan fingerprint density at radius 1 is 0.462 bits per heavy atom. The maximum Gasteiger partial charge on any atom is 0.413 e. The van der Waals surface area contributed by atoms with Crippen molar-refractivity contribution < 1.29 is 66.6 Å². The van der Waals surface area contributed by atoms with Crippen molar-refractivity contribution in [3.8, 4) is 17.2 Å². The van der Waals surface area contributed by atoms with Gasteiger partial charge in [-0.05, 0) is 17.7 Å². The van der Waals surface area contributed by atoms with Crippen molar-refractivity contribution in [2.24, 2.45) is 0 Å². The quantitative estimate of drug-likeness (QED) is 0.0629. The number of benzene rings is 5. The van der Waals surface area contributed by atoms with Gasteiger partial charge in [0.1, 0.15) is 14.7 Å². The second-order valence-corrected chi connectivity index (χ2v) is 18.4. The summed E-state index contributed by atoms with van der Waals surface area (Å²) < 4.78 is 105. The van der Waals surface area contributed by atoms with E-state index in [0.29, 0.717) is 0 Å². The number of allylic oxidation sites excluding steroid dienone is 4. The van der Waals surface area contributed by atoms with Crippen molar-refractivity contribution in [1.82, 2.24) is 0 Å². The smallest absolute Gasteiger partial charge is 0.375 e. The number of fused-ring (bicyclic) bond motifs is 3. The molecule has 0 unspecified atom stereocenters. The van der Waals surface area contributed by atoms with Crippen LogP contribution >= 0.6 is 0 Å². The molecule has 0 atom stereocenters. The molecule has 0 aromatic heterocycles. The average molecular weight is 928 g/mol. The molecular weight excluding hydrogens is 901 g/mol. The van der Waals surface area contributed by atoms with Crippen molar-refractivity contribution in [3.05, 3.63) is 185 Å².